The van der Waals surface area contributed by atoms with Crippen molar-refractivity contribution in [3.63, 3.8) is 0 Å². The van der Waals surface area contributed by atoms with Crippen molar-refractivity contribution in [3.05, 3.63) is 53.5 Å². The van der Waals surface area contributed by atoms with Gasteiger partial charge >= 0.3 is 0 Å². The number of benzene rings is 1. The van der Waals surface area contributed by atoms with E-state index in [9.17, 15) is 0 Å². The molecule has 1 aliphatic rings. The lowest BCUT2D eigenvalue weighted by molar-refractivity contribution is 0.586. The molecule has 2 aromatic rings. The molecule has 19 heavy (non-hydrogen) atoms. The van der Waals surface area contributed by atoms with Gasteiger partial charge in [-0.05, 0) is 24.5 Å². The van der Waals surface area contributed by atoms with Crippen LogP contribution in [0.4, 0.5) is 5.82 Å². The van der Waals surface area contributed by atoms with Crippen molar-refractivity contribution in [2.75, 3.05) is 4.90 Å². The van der Waals surface area contributed by atoms with E-state index >= 15 is 0 Å². The molecule has 0 amide bonds. The molecular weight excluding hydrogens is 236 g/mol. The standard InChI is InChI=1S/C15H14N4/c1-11-6-12-4-2-3-5-13(12)10-19(11)15-9-17-14(7-16)8-18-15/h2-5,8-9,11H,6,10H2,1H3. The number of hydrogen-bond donors (Lipinski definition) is 0. The maximum absolute atomic E-state index is 8.75. The molecule has 4 nitrogen and oxygen atoms in total. The number of anilines is 1. The van der Waals surface area contributed by atoms with Gasteiger partial charge in [0.05, 0.1) is 12.4 Å². The Kier molecular flexibility index (Phi) is 2.88. The van der Waals surface area contributed by atoms with Crippen LogP contribution in [0.5, 0.6) is 0 Å². The molecule has 94 valence electrons. The first-order valence-electron chi connectivity index (χ1n) is 6.33. The SMILES string of the molecule is CC1Cc2ccccc2CN1c1cnc(C#N)cn1. The zero-order valence-electron chi connectivity index (χ0n) is 10.7. The molecule has 0 radical (unpaired) electrons. The highest BCUT2D eigenvalue weighted by molar-refractivity contribution is 5.44. The maximum Gasteiger partial charge on any atom is 0.158 e. The third-order valence-electron chi connectivity index (χ3n) is 3.55. The van der Waals surface area contributed by atoms with Crippen molar-refractivity contribution in [1.82, 2.24) is 9.97 Å². The molecule has 3 rings (SSSR count). The molecule has 0 saturated heterocycles. The minimum absolute atomic E-state index is 0.355. The Balaban J connectivity index is 1.91. The Morgan fingerprint density at radius 2 is 2.00 bits per heavy atom. The van der Waals surface area contributed by atoms with Crippen LogP contribution in [0.1, 0.15) is 23.7 Å². The molecule has 1 aromatic carbocycles. The predicted molar refractivity (Wildman–Crippen MR) is 72.5 cm³/mol. The van der Waals surface area contributed by atoms with Gasteiger partial charge in [-0.2, -0.15) is 5.26 Å². The Bertz CT molecular complexity index is 627. The molecule has 0 saturated carbocycles. The minimum atomic E-state index is 0.355. The van der Waals surface area contributed by atoms with Gasteiger partial charge in [-0.15, -0.1) is 0 Å². The van der Waals surface area contributed by atoms with Gasteiger partial charge in [0, 0.05) is 12.6 Å². The first kappa shape index (κ1) is 11.7. The highest BCUT2D eigenvalue weighted by Gasteiger charge is 2.23. The first-order chi connectivity index (χ1) is 9.28. The number of nitriles is 1. The fourth-order valence-corrected chi connectivity index (χ4v) is 2.51. The van der Waals surface area contributed by atoms with E-state index in [1.165, 1.54) is 17.3 Å². The summed E-state index contributed by atoms with van der Waals surface area (Å²) in [7, 11) is 0. The quantitative estimate of drug-likeness (QED) is 0.779. The first-order valence-corrected chi connectivity index (χ1v) is 6.33. The fraction of sp³-hybridized carbons (Fsp3) is 0.267. The van der Waals surface area contributed by atoms with E-state index in [1.807, 2.05) is 6.07 Å². The molecule has 1 aromatic heterocycles. The molecule has 0 spiro atoms. The van der Waals surface area contributed by atoms with Crippen LogP contribution in [-0.4, -0.2) is 16.0 Å². The topological polar surface area (TPSA) is 52.8 Å². The highest BCUT2D eigenvalue weighted by Crippen LogP contribution is 2.26. The average Bonchev–Trinajstić information content (AvgIpc) is 2.47. The second kappa shape index (κ2) is 4.69. The zero-order chi connectivity index (χ0) is 13.2. The van der Waals surface area contributed by atoms with E-state index in [2.05, 4.69) is 46.1 Å². The summed E-state index contributed by atoms with van der Waals surface area (Å²) in [5.74, 6) is 0.834. The van der Waals surface area contributed by atoms with E-state index in [0.29, 0.717) is 11.7 Å². The smallest absolute Gasteiger partial charge is 0.158 e. The van der Waals surface area contributed by atoms with Gasteiger partial charge in [0.2, 0.25) is 0 Å². The molecule has 1 unspecified atom stereocenters. The van der Waals surface area contributed by atoms with Crippen molar-refractivity contribution in [2.24, 2.45) is 0 Å². The molecule has 4 heteroatoms. The second-order valence-electron chi connectivity index (χ2n) is 4.82. The molecular formula is C15H14N4. The number of hydrogen-bond acceptors (Lipinski definition) is 4. The number of aromatic nitrogens is 2. The summed E-state index contributed by atoms with van der Waals surface area (Å²) in [6, 6.07) is 10.9. The van der Waals surface area contributed by atoms with Crippen molar-refractivity contribution in [1.29, 1.82) is 5.26 Å². The zero-order valence-corrected chi connectivity index (χ0v) is 10.7. The lowest BCUT2D eigenvalue weighted by atomic mass is 9.95. The van der Waals surface area contributed by atoms with Crippen LogP contribution in [0.3, 0.4) is 0 Å². The summed E-state index contributed by atoms with van der Waals surface area (Å²) in [6.07, 6.45) is 4.23. The Morgan fingerprint density at radius 3 is 2.68 bits per heavy atom. The summed E-state index contributed by atoms with van der Waals surface area (Å²) in [5, 5.41) is 8.75. The fourth-order valence-electron chi connectivity index (χ4n) is 2.51. The summed E-state index contributed by atoms with van der Waals surface area (Å²) in [6.45, 7) is 3.04. The lowest BCUT2D eigenvalue weighted by Gasteiger charge is -2.35. The van der Waals surface area contributed by atoms with E-state index in [1.54, 1.807) is 6.20 Å². The van der Waals surface area contributed by atoms with Crippen molar-refractivity contribution in [3.8, 4) is 6.07 Å². The molecule has 1 aliphatic heterocycles. The number of fused-ring (bicyclic) bond motifs is 1. The van der Waals surface area contributed by atoms with E-state index < -0.39 is 0 Å². The third-order valence-corrected chi connectivity index (χ3v) is 3.55. The van der Waals surface area contributed by atoms with Gasteiger partial charge in [0.1, 0.15) is 11.9 Å². The van der Waals surface area contributed by atoms with Gasteiger partial charge in [-0.25, -0.2) is 9.97 Å². The van der Waals surface area contributed by atoms with Gasteiger partial charge in [-0.3, -0.25) is 0 Å². The molecule has 0 bridgehead atoms. The van der Waals surface area contributed by atoms with Crippen LogP contribution in [0, 0.1) is 11.3 Å². The predicted octanol–water partition coefficient (Wildman–Crippen LogP) is 2.30. The molecule has 1 atom stereocenters. The molecule has 0 N–H and O–H groups in total. The average molecular weight is 250 g/mol. The van der Waals surface area contributed by atoms with Crippen molar-refractivity contribution >= 4 is 5.82 Å². The number of nitrogens with zero attached hydrogens (tertiary/aromatic N) is 4. The Labute approximate surface area is 112 Å². The summed E-state index contributed by atoms with van der Waals surface area (Å²) in [5.41, 5.74) is 3.11. The number of rotatable bonds is 1. The van der Waals surface area contributed by atoms with Crippen molar-refractivity contribution < 1.29 is 0 Å². The van der Waals surface area contributed by atoms with Gasteiger partial charge in [0.25, 0.3) is 0 Å². The van der Waals surface area contributed by atoms with Crippen LogP contribution in [0.15, 0.2) is 36.7 Å². The minimum Gasteiger partial charge on any atom is -0.348 e. The summed E-state index contributed by atoms with van der Waals surface area (Å²) < 4.78 is 0. The largest absolute Gasteiger partial charge is 0.348 e. The van der Waals surface area contributed by atoms with Crippen LogP contribution in [0.25, 0.3) is 0 Å². The summed E-state index contributed by atoms with van der Waals surface area (Å²) >= 11 is 0. The van der Waals surface area contributed by atoms with Crippen molar-refractivity contribution in [2.45, 2.75) is 25.9 Å². The van der Waals surface area contributed by atoms with Crippen LogP contribution < -0.4 is 4.90 Å². The van der Waals surface area contributed by atoms with E-state index in [0.717, 1.165) is 18.8 Å². The third kappa shape index (κ3) is 2.15. The molecule has 2 heterocycles. The normalized spacial score (nSPS) is 17.7. The van der Waals surface area contributed by atoms with E-state index in [4.69, 9.17) is 5.26 Å². The van der Waals surface area contributed by atoms with E-state index in [-0.39, 0.29) is 0 Å². The monoisotopic (exact) mass is 250 g/mol. The molecule has 0 aliphatic carbocycles. The molecule has 0 fully saturated rings. The Hall–Kier alpha value is -2.41. The van der Waals surface area contributed by atoms with Crippen LogP contribution >= 0.6 is 0 Å². The van der Waals surface area contributed by atoms with Gasteiger partial charge < -0.3 is 4.90 Å². The van der Waals surface area contributed by atoms with Crippen LogP contribution in [-0.2, 0) is 13.0 Å². The lowest BCUT2D eigenvalue weighted by Crippen LogP contribution is -2.38. The maximum atomic E-state index is 8.75. The van der Waals surface area contributed by atoms with Gasteiger partial charge in [0.15, 0.2) is 5.69 Å². The van der Waals surface area contributed by atoms with Gasteiger partial charge in [-0.1, -0.05) is 24.3 Å². The van der Waals surface area contributed by atoms with Crippen LogP contribution in [0.2, 0.25) is 0 Å². The second-order valence-corrected chi connectivity index (χ2v) is 4.82. The highest BCUT2D eigenvalue weighted by atomic mass is 15.2. The Morgan fingerprint density at radius 1 is 1.21 bits per heavy atom. The summed E-state index contributed by atoms with van der Waals surface area (Å²) in [4.78, 5) is 10.7.